The van der Waals surface area contributed by atoms with E-state index in [1.165, 1.54) is 25.7 Å². The lowest BCUT2D eigenvalue weighted by Gasteiger charge is -2.05. The second-order valence-electron chi connectivity index (χ2n) is 4.18. The standard InChI is InChI=1S/C11H13N3O/c15-9-5-6-14-10(7-9)12-13-11(14)8-3-1-2-4-8/h5-8,12H,1-4H2. The van der Waals surface area contributed by atoms with Crippen LogP contribution in [0.5, 0.6) is 0 Å². The number of aromatic amines is 1. The number of nitrogens with zero attached hydrogens (tertiary/aromatic N) is 2. The van der Waals surface area contributed by atoms with E-state index in [0.717, 1.165) is 11.5 Å². The van der Waals surface area contributed by atoms with Gasteiger partial charge in [-0.15, -0.1) is 0 Å². The number of hydrogen-bond acceptors (Lipinski definition) is 2. The maximum absolute atomic E-state index is 11.2. The van der Waals surface area contributed by atoms with Gasteiger partial charge in [0.2, 0.25) is 0 Å². The van der Waals surface area contributed by atoms with Crippen LogP contribution in [0.1, 0.15) is 37.4 Å². The molecule has 78 valence electrons. The molecule has 15 heavy (non-hydrogen) atoms. The Bertz CT molecular complexity index is 534. The van der Waals surface area contributed by atoms with Crippen molar-refractivity contribution in [2.75, 3.05) is 0 Å². The molecule has 4 nitrogen and oxygen atoms in total. The van der Waals surface area contributed by atoms with Crippen LogP contribution in [0.3, 0.4) is 0 Å². The van der Waals surface area contributed by atoms with E-state index in [0.29, 0.717) is 5.92 Å². The van der Waals surface area contributed by atoms with E-state index in [1.807, 2.05) is 10.6 Å². The molecule has 3 rings (SSSR count). The van der Waals surface area contributed by atoms with Gasteiger partial charge < -0.3 is 0 Å². The van der Waals surface area contributed by atoms with Crippen LogP contribution in [-0.2, 0) is 0 Å². The van der Waals surface area contributed by atoms with Crippen LogP contribution in [0.4, 0.5) is 0 Å². The van der Waals surface area contributed by atoms with Gasteiger partial charge in [0.15, 0.2) is 5.43 Å². The number of fused-ring (bicyclic) bond motifs is 1. The van der Waals surface area contributed by atoms with E-state index in [4.69, 9.17) is 0 Å². The minimum Gasteiger partial charge on any atom is -0.290 e. The predicted octanol–water partition coefficient (Wildman–Crippen LogP) is 1.68. The normalized spacial score (nSPS) is 17.6. The van der Waals surface area contributed by atoms with E-state index in [9.17, 15) is 4.79 Å². The third-order valence-corrected chi connectivity index (χ3v) is 3.18. The maximum atomic E-state index is 11.2. The van der Waals surface area contributed by atoms with Crippen molar-refractivity contribution in [3.05, 3.63) is 34.4 Å². The van der Waals surface area contributed by atoms with Gasteiger partial charge in [-0.3, -0.25) is 14.3 Å². The van der Waals surface area contributed by atoms with Gasteiger partial charge in [0.1, 0.15) is 11.5 Å². The molecule has 4 heteroatoms. The number of nitrogens with one attached hydrogen (secondary N) is 1. The quantitative estimate of drug-likeness (QED) is 0.766. The van der Waals surface area contributed by atoms with Crippen LogP contribution in [0.25, 0.3) is 5.65 Å². The molecule has 0 radical (unpaired) electrons. The topological polar surface area (TPSA) is 50.2 Å². The average molecular weight is 203 g/mol. The fourth-order valence-electron chi connectivity index (χ4n) is 2.41. The summed E-state index contributed by atoms with van der Waals surface area (Å²) in [6.07, 6.45) is 6.82. The lowest BCUT2D eigenvalue weighted by atomic mass is 10.1. The van der Waals surface area contributed by atoms with Crippen LogP contribution in [-0.4, -0.2) is 14.6 Å². The smallest absolute Gasteiger partial charge is 0.183 e. The molecule has 2 aromatic heterocycles. The monoisotopic (exact) mass is 203 g/mol. The van der Waals surface area contributed by atoms with Gasteiger partial charge in [-0.05, 0) is 12.8 Å². The third-order valence-electron chi connectivity index (χ3n) is 3.18. The van der Waals surface area contributed by atoms with Crippen molar-refractivity contribution < 1.29 is 0 Å². The summed E-state index contributed by atoms with van der Waals surface area (Å²) in [7, 11) is 0. The molecule has 1 aliphatic carbocycles. The molecule has 0 spiro atoms. The first-order valence-corrected chi connectivity index (χ1v) is 5.41. The summed E-state index contributed by atoms with van der Waals surface area (Å²) in [4.78, 5) is 11.2. The van der Waals surface area contributed by atoms with Crippen molar-refractivity contribution in [1.29, 1.82) is 0 Å². The molecule has 1 saturated carbocycles. The average Bonchev–Trinajstić information content (AvgIpc) is 2.82. The van der Waals surface area contributed by atoms with Crippen molar-refractivity contribution in [3.63, 3.8) is 0 Å². The van der Waals surface area contributed by atoms with Crippen molar-refractivity contribution >= 4 is 5.65 Å². The molecule has 0 aromatic carbocycles. The van der Waals surface area contributed by atoms with Crippen LogP contribution in [0.15, 0.2) is 23.1 Å². The highest BCUT2D eigenvalue weighted by atomic mass is 16.1. The zero-order valence-electron chi connectivity index (χ0n) is 8.44. The Balaban J connectivity index is 2.15. The Morgan fingerprint density at radius 2 is 2.20 bits per heavy atom. The van der Waals surface area contributed by atoms with E-state index in [2.05, 4.69) is 10.2 Å². The Labute approximate surface area is 86.9 Å². The first-order valence-electron chi connectivity index (χ1n) is 5.41. The molecule has 1 fully saturated rings. The predicted molar refractivity (Wildman–Crippen MR) is 57.0 cm³/mol. The molecule has 1 aliphatic rings. The number of pyridine rings is 1. The number of aromatic nitrogens is 3. The largest absolute Gasteiger partial charge is 0.290 e. The van der Waals surface area contributed by atoms with Gasteiger partial charge in [0.05, 0.1) is 0 Å². The molecule has 0 unspecified atom stereocenters. The molecule has 1 N–H and O–H groups in total. The summed E-state index contributed by atoms with van der Waals surface area (Å²) in [6, 6.07) is 3.17. The fourth-order valence-corrected chi connectivity index (χ4v) is 2.41. The molecule has 2 heterocycles. The SMILES string of the molecule is O=c1ccn2c(C3CCCC3)n[nH]c2c1. The first-order chi connectivity index (χ1) is 7.34. The summed E-state index contributed by atoms with van der Waals surface area (Å²) in [5, 5.41) is 7.24. The Kier molecular flexibility index (Phi) is 1.87. The summed E-state index contributed by atoms with van der Waals surface area (Å²) < 4.78 is 2.00. The highest BCUT2D eigenvalue weighted by Crippen LogP contribution is 2.32. The van der Waals surface area contributed by atoms with Crippen LogP contribution in [0, 0.1) is 0 Å². The van der Waals surface area contributed by atoms with Gasteiger partial charge in [-0.25, -0.2) is 0 Å². The van der Waals surface area contributed by atoms with E-state index >= 15 is 0 Å². The maximum Gasteiger partial charge on any atom is 0.183 e. The Morgan fingerprint density at radius 3 is 3.00 bits per heavy atom. The molecule has 0 aliphatic heterocycles. The second kappa shape index (κ2) is 3.22. The fraction of sp³-hybridized carbons (Fsp3) is 0.455. The third kappa shape index (κ3) is 1.37. The van der Waals surface area contributed by atoms with Gasteiger partial charge >= 0.3 is 0 Å². The second-order valence-corrected chi connectivity index (χ2v) is 4.18. The zero-order chi connectivity index (χ0) is 10.3. The Morgan fingerprint density at radius 1 is 1.40 bits per heavy atom. The summed E-state index contributed by atoms with van der Waals surface area (Å²) in [5.41, 5.74) is 0.820. The zero-order valence-corrected chi connectivity index (χ0v) is 8.44. The molecular weight excluding hydrogens is 190 g/mol. The van der Waals surface area contributed by atoms with Gasteiger partial charge in [-0.1, -0.05) is 12.8 Å². The highest BCUT2D eigenvalue weighted by Gasteiger charge is 2.21. The lowest BCUT2D eigenvalue weighted by molar-refractivity contribution is 0.658. The molecule has 0 saturated heterocycles. The Hall–Kier alpha value is -1.58. The molecular formula is C11H13N3O. The minimum absolute atomic E-state index is 0.0246. The number of hydrogen-bond donors (Lipinski definition) is 1. The summed E-state index contributed by atoms with van der Waals surface area (Å²) in [5.74, 6) is 1.63. The number of H-pyrrole nitrogens is 1. The van der Waals surface area contributed by atoms with E-state index in [-0.39, 0.29) is 5.43 Å². The minimum atomic E-state index is 0.0246. The first kappa shape index (κ1) is 8.71. The number of rotatable bonds is 1. The van der Waals surface area contributed by atoms with Gasteiger partial charge in [0.25, 0.3) is 0 Å². The molecule has 2 aromatic rings. The van der Waals surface area contributed by atoms with Crippen LogP contribution >= 0.6 is 0 Å². The van der Waals surface area contributed by atoms with E-state index < -0.39 is 0 Å². The summed E-state index contributed by atoms with van der Waals surface area (Å²) >= 11 is 0. The lowest BCUT2D eigenvalue weighted by Crippen LogP contribution is -2.03. The molecule has 0 atom stereocenters. The van der Waals surface area contributed by atoms with Crippen molar-refractivity contribution in [1.82, 2.24) is 14.6 Å². The van der Waals surface area contributed by atoms with Crippen LogP contribution < -0.4 is 5.43 Å². The van der Waals surface area contributed by atoms with Crippen molar-refractivity contribution in [3.8, 4) is 0 Å². The van der Waals surface area contributed by atoms with Crippen molar-refractivity contribution in [2.45, 2.75) is 31.6 Å². The van der Waals surface area contributed by atoms with Crippen LogP contribution in [0.2, 0.25) is 0 Å². The van der Waals surface area contributed by atoms with Gasteiger partial charge in [-0.2, -0.15) is 5.10 Å². The highest BCUT2D eigenvalue weighted by molar-refractivity contribution is 5.37. The van der Waals surface area contributed by atoms with E-state index in [1.54, 1.807) is 12.1 Å². The van der Waals surface area contributed by atoms with Gasteiger partial charge in [0, 0.05) is 24.2 Å². The van der Waals surface area contributed by atoms with Crippen molar-refractivity contribution in [2.24, 2.45) is 0 Å². The molecule has 0 bridgehead atoms. The molecule has 0 amide bonds. The summed E-state index contributed by atoms with van der Waals surface area (Å²) in [6.45, 7) is 0.